The van der Waals surface area contributed by atoms with Gasteiger partial charge in [-0.15, -0.1) is 0 Å². The minimum atomic E-state index is -1.33. The van der Waals surface area contributed by atoms with Crippen LogP contribution in [-0.4, -0.2) is 15.6 Å². The number of rotatable bonds is 2. The van der Waals surface area contributed by atoms with Gasteiger partial charge in [0.15, 0.2) is 0 Å². The van der Waals surface area contributed by atoms with E-state index >= 15 is 0 Å². The summed E-state index contributed by atoms with van der Waals surface area (Å²) in [6, 6.07) is 6.43. The van der Waals surface area contributed by atoms with Crippen LogP contribution in [0.3, 0.4) is 0 Å². The highest BCUT2D eigenvalue weighted by molar-refractivity contribution is 5.93. The van der Waals surface area contributed by atoms with Gasteiger partial charge in [0.25, 0.3) is 0 Å². The average Bonchev–Trinajstić information content (AvgIpc) is 2.33. The second-order valence-corrected chi connectivity index (χ2v) is 3.38. The molecule has 17 heavy (non-hydrogen) atoms. The van der Waals surface area contributed by atoms with Crippen molar-refractivity contribution in [1.29, 1.82) is 0 Å². The SMILES string of the molecule is O=C(O)c1cn(C=CF)c2ccccc2c1=O. The standard InChI is InChI=1S/C12H8FNO3/c13-5-6-14-7-9(12(16)17)11(15)8-3-1-2-4-10(8)14/h1-7H,(H,16,17). The van der Waals surface area contributed by atoms with E-state index in [1.807, 2.05) is 0 Å². The van der Waals surface area contributed by atoms with Crippen molar-refractivity contribution in [3.05, 3.63) is 52.6 Å². The summed E-state index contributed by atoms with van der Waals surface area (Å²) in [5.74, 6) is -1.33. The van der Waals surface area contributed by atoms with Crippen LogP contribution in [0.25, 0.3) is 17.1 Å². The van der Waals surface area contributed by atoms with Gasteiger partial charge in [0, 0.05) is 17.8 Å². The van der Waals surface area contributed by atoms with Gasteiger partial charge in [-0.05, 0) is 12.1 Å². The first-order valence-electron chi connectivity index (χ1n) is 4.79. The van der Waals surface area contributed by atoms with E-state index in [0.29, 0.717) is 5.52 Å². The summed E-state index contributed by atoms with van der Waals surface area (Å²) >= 11 is 0. The molecule has 1 heterocycles. The van der Waals surface area contributed by atoms with E-state index in [4.69, 9.17) is 5.11 Å². The van der Waals surface area contributed by atoms with Crippen LogP contribution in [-0.2, 0) is 0 Å². The molecule has 2 aromatic rings. The highest BCUT2D eigenvalue weighted by atomic mass is 19.1. The van der Waals surface area contributed by atoms with Crippen LogP contribution in [0, 0.1) is 0 Å². The topological polar surface area (TPSA) is 59.3 Å². The zero-order valence-electron chi connectivity index (χ0n) is 8.63. The average molecular weight is 233 g/mol. The third-order valence-corrected chi connectivity index (χ3v) is 2.39. The van der Waals surface area contributed by atoms with E-state index in [1.165, 1.54) is 10.6 Å². The number of carboxylic acid groups (broad SMARTS) is 1. The Hall–Kier alpha value is -2.43. The molecule has 0 fully saturated rings. The number of aromatic carboxylic acids is 1. The van der Waals surface area contributed by atoms with Crippen molar-refractivity contribution in [2.75, 3.05) is 0 Å². The van der Waals surface area contributed by atoms with Crippen molar-refractivity contribution >= 4 is 23.1 Å². The lowest BCUT2D eigenvalue weighted by Gasteiger charge is -2.06. The van der Waals surface area contributed by atoms with Gasteiger partial charge in [-0.25, -0.2) is 9.18 Å². The van der Waals surface area contributed by atoms with Crippen LogP contribution in [0.2, 0.25) is 0 Å². The summed E-state index contributed by atoms with van der Waals surface area (Å²) in [6.07, 6.45) is 2.43. The molecule has 5 heteroatoms. The van der Waals surface area contributed by atoms with E-state index in [-0.39, 0.29) is 17.3 Å². The minimum absolute atomic E-state index is 0.241. The molecular formula is C12H8FNO3. The normalized spacial score (nSPS) is 11.1. The first kappa shape index (κ1) is 11.1. The van der Waals surface area contributed by atoms with Crippen molar-refractivity contribution < 1.29 is 14.3 Å². The number of fused-ring (bicyclic) bond motifs is 1. The van der Waals surface area contributed by atoms with Crippen LogP contribution >= 0.6 is 0 Å². The van der Waals surface area contributed by atoms with Gasteiger partial charge < -0.3 is 9.67 Å². The summed E-state index contributed by atoms with van der Waals surface area (Å²) in [6.45, 7) is 0. The Kier molecular flexibility index (Phi) is 2.74. The van der Waals surface area contributed by atoms with Crippen molar-refractivity contribution in [3.8, 4) is 0 Å². The molecule has 2 rings (SSSR count). The van der Waals surface area contributed by atoms with Crippen molar-refractivity contribution in [2.24, 2.45) is 0 Å². The zero-order valence-corrected chi connectivity index (χ0v) is 8.63. The largest absolute Gasteiger partial charge is 0.477 e. The minimum Gasteiger partial charge on any atom is -0.477 e. The van der Waals surface area contributed by atoms with Crippen molar-refractivity contribution in [3.63, 3.8) is 0 Å². The fourth-order valence-corrected chi connectivity index (χ4v) is 1.64. The molecular weight excluding hydrogens is 225 g/mol. The lowest BCUT2D eigenvalue weighted by molar-refractivity contribution is 0.0695. The second-order valence-electron chi connectivity index (χ2n) is 3.38. The maximum Gasteiger partial charge on any atom is 0.341 e. The molecule has 0 aliphatic heterocycles. The van der Waals surface area contributed by atoms with Crippen LogP contribution in [0.4, 0.5) is 4.39 Å². The maximum atomic E-state index is 12.2. The van der Waals surface area contributed by atoms with E-state index in [2.05, 4.69) is 0 Å². The van der Waals surface area contributed by atoms with Crippen LogP contribution in [0.5, 0.6) is 0 Å². The van der Waals surface area contributed by atoms with Gasteiger partial charge in [-0.3, -0.25) is 4.79 Å². The Balaban J connectivity index is 2.94. The molecule has 1 aromatic heterocycles. The fraction of sp³-hybridized carbons (Fsp3) is 0. The smallest absolute Gasteiger partial charge is 0.341 e. The fourth-order valence-electron chi connectivity index (χ4n) is 1.64. The van der Waals surface area contributed by atoms with Gasteiger partial charge in [0.2, 0.25) is 5.43 Å². The number of halogens is 1. The van der Waals surface area contributed by atoms with Gasteiger partial charge in [0.05, 0.1) is 5.52 Å². The Bertz CT molecular complexity index is 673. The monoisotopic (exact) mass is 233 g/mol. The van der Waals surface area contributed by atoms with Gasteiger partial charge >= 0.3 is 5.97 Å². The third kappa shape index (κ3) is 1.82. The van der Waals surface area contributed by atoms with E-state index in [9.17, 15) is 14.0 Å². The third-order valence-electron chi connectivity index (χ3n) is 2.39. The predicted octanol–water partition coefficient (Wildman–Crippen LogP) is 2.10. The van der Waals surface area contributed by atoms with Crippen LogP contribution in [0.15, 0.2) is 41.6 Å². The molecule has 4 nitrogen and oxygen atoms in total. The Morgan fingerprint density at radius 2 is 2.06 bits per heavy atom. The molecule has 0 spiro atoms. The van der Waals surface area contributed by atoms with Crippen LogP contribution in [0.1, 0.15) is 10.4 Å². The number of aromatic nitrogens is 1. The lowest BCUT2D eigenvalue weighted by Crippen LogP contribution is -2.17. The summed E-state index contributed by atoms with van der Waals surface area (Å²) in [4.78, 5) is 22.7. The number of carbonyl (C=O) groups is 1. The van der Waals surface area contributed by atoms with Gasteiger partial charge in [0.1, 0.15) is 11.9 Å². The summed E-state index contributed by atoms with van der Waals surface area (Å²) < 4.78 is 13.5. The molecule has 0 bridgehead atoms. The summed E-state index contributed by atoms with van der Waals surface area (Å²) in [5, 5.41) is 9.13. The molecule has 0 amide bonds. The molecule has 0 aliphatic rings. The summed E-state index contributed by atoms with van der Waals surface area (Å²) in [5.41, 5.74) is -0.505. The molecule has 1 aromatic carbocycles. The number of hydrogen-bond donors (Lipinski definition) is 1. The quantitative estimate of drug-likeness (QED) is 0.864. The molecule has 0 radical (unpaired) electrons. The van der Waals surface area contributed by atoms with E-state index in [0.717, 1.165) is 12.4 Å². The Morgan fingerprint density at radius 1 is 1.35 bits per heavy atom. The molecule has 0 unspecified atom stereocenters. The summed E-state index contributed by atoms with van der Waals surface area (Å²) in [7, 11) is 0. The van der Waals surface area contributed by atoms with E-state index < -0.39 is 11.4 Å². The number of nitrogens with zero attached hydrogens (tertiary/aromatic N) is 1. The number of benzene rings is 1. The first-order valence-corrected chi connectivity index (χ1v) is 4.79. The number of pyridine rings is 1. The molecule has 0 aliphatic carbocycles. The highest BCUT2D eigenvalue weighted by Gasteiger charge is 2.12. The first-order chi connectivity index (χ1) is 8.15. The lowest BCUT2D eigenvalue weighted by atomic mass is 10.1. The number of carboxylic acids is 1. The van der Waals surface area contributed by atoms with Gasteiger partial charge in [-0.1, -0.05) is 12.1 Å². The Morgan fingerprint density at radius 3 is 2.71 bits per heavy atom. The van der Waals surface area contributed by atoms with Crippen LogP contribution < -0.4 is 5.43 Å². The molecule has 0 saturated heterocycles. The molecule has 0 saturated carbocycles. The highest BCUT2D eigenvalue weighted by Crippen LogP contribution is 2.12. The number of para-hydroxylation sites is 1. The predicted molar refractivity (Wildman–Crippen MR) is 61.6 cm³/mol. The second kappa shape index (κ2) is 4.21. The van der Waals surface area contributed by atoms with Gasteiger partial charge in [-0.2, -0.15) is 0 Å². The Labute approximate surface area is 95.2 Å². The maximum absolute atomic E-state index is 12.2. The van der Waals surface area contributed by atoms with Crippen molar-refractivity contribution in [1.82, 2.24) is 4.57 Å². The van der Waals surface area contributed by atoms with E-state index in [1.54, 1.807) is 18.2 Å². The van der Waals surface area contributed by atoms with Crippen molar-refractivity contribution in [2.45, 2.75) is 0 Å². The molecule has 0 atom stereocenters. The zero-order chi connectivity index (χ0) is 12.4. The molecule has 86 valence electrons. The molecule has 1 N–H and O–H groups in total. The number of hydrogen-bond acceptors (Lipinski definition) is 2.